The van der Waals surface area contributed by atoms with E-state index in [0.717, 1.165) is 0 Å². The van der Waals surface area contributed by atoms with Crippen LogP contribution in [0.25, 0.3) is 0 Å². The summed E-state index contributed by atoms with van der Waals surface area (Å²) in [7, 11) is 0. The molecule has 1 aromatic heterocycles. The number of carbonyl (C=O) groups excluding carboxylic acids is 5. The summed E-state index contributed by atoms with van der Waals surface area (Å²) < 4.78 is 0.558. The summed E-state index contributed by atoms with van der Waals surface area (Å²) in [6.07, 6.45) is 4.34. The van der Waals surface area contributed by atoms with Crippen LogP contribution in [0.3, 0.4) is 0 Å². The average Bonchev–Trinajstić information content (AvgIpc) is 2.96. The predicted molar refractivity (Wildman–Crippen MR) is 168 cm³/mol. The third-order valence-electron chi connectivity index (χ3n) is 7.07. The second kappa shape index (κ2) is 19.5. The van der Waals surface area contributed by atoms with Gasteiger partial charge in [-0.05, 0) is 44.9 Å². The Morgan fingerprint density at radius 2 is 1.41 bits per heavy atom. The van der Waals surface area contributed by atoms with E-state index < -0.39 is 36.0 Å². The van der Waals surface area contributed by atoms with Crippen LogP contribution in [0.5, 0.6) is 0 Å². The summed E-state index contributed by atoms with van der Waals surface area (Å²) in [6.45, 7) is 15.7. The highest BCUT2D eigenvalue weighted by atomic mass is 16.5. The van der Waals surface area contributed by atoms with E-state index >= 15 is 0 Å². The van der Waals surface area contributed by atoms with Gasteiger partial charge in [-0.25, -0.2) is 0 Å². The Balaban J connectivity index is 2.87. The lowest BCUT2D eigenvalue weighted by Crippen LogP contribution is -2.57. The lowest BCUT2D eigenvalue weighted by molar-refractivity contribution is -0.605. The van der Waals surface area contributed by atoms with Gasteiger partial charge in [-0.2, -0.15) is 4.73 Å². The molecule has 0 aliphatic carbocycles. The lowest BCUT2D eigenvalue weighted by atomic mass is 10.0. The Hall–Kier alpha value is -3.74. The summed E-state index contributed by atoms with van der Waals surface area (Å²) in [4.78, 5) is 64.4. The minimum absolute atomic E-state index is 0.0959. The van der Waals surface area contributed by atoms with Crippen molar-refractivity contribution < 1.29 is 28.7 Å². The van der Waals surface area contributed by atoms with Gasteiger partial charge in [0, 0.05) is 31.3 Å². The maximum atomic E-state index is 13.4. The van der Waals surface area contributed by atoms with Crippen LogP contribution in [0.15, 0.2) is 24.5 Å². The molecule has 0 bridgehead atoms. The lowest BCUT2D eigenvalue weighted by Gasteiger charge is -2.28. The monoisotopic (exact) mass is 619 g/mol. The molecule has 1 rings (SSSR count). The Morgan fingerprint density at radius 3 is 1.93 bits per heavy atom. The molecule has 0 fully saturated rings. The highest BCUT2D eigenvalue weighted by Crippen LogP contribution is 2.08. The van der Waals surface area contributed by atoms with Gasteiger partial charge in [-0.1, -0.05) is 48.0 Å². The van der Waals surface area contributed by atoms with Gasteiger partial charge in [-0.15, -0.1) is 0 Å². The summed E-state index contributed by atoms with van der Waals surface area (Å²) in [5.74, 6) is -1.76. The van der Waals surface area contributed by atoms with Gasteiger partial charge in [0.05, 0.1) is 11.6 Å². The van der Waals surface area contributed by atoms with Crippen molar-refractivity contribution in [1.29, 1.82) is 0 Å². The Bertz CT molecular complexity index is 1080. The number of amides is 5. The first-order valence-corrected chi connectivity index (χ1v) is 15.7. The van der Waals surface area contributed by atoms with Gasteiger partial charge in [0.1, 0.15) is 18.1 Å². The fourth-order valence-corrected chi connectivity index (χ4v) is 4.56. The zero-order valence-electron chi connectivity index (χ0n) is 27.5. The van der Waals surface area contributed by atoms with E-state index in [1.54, 1.807) is 13.8 Å². The van der Waals surface area contributed by atoms with E-state index in [9.17, 15) is 29.2 Å². The number of rotatable bonds is 19. The van der Waals surface area contributed by atoms with Gasteiger partial charge in [0.15, 0.2) is 12.4 Å². The summed E-state index contributed by atoms with van der Waals surface area (Å²) >= 11 is 0. The molecule has 0 saturated carbocycles. The second-order valence-corrected chi connectivity index (χ2v) is 11.8. The number of carbonyl (C=O) groups is 5. The molecule has 1 aromatic rings. The van der Waals surface area contributed by atoms with Crippen molar-refractivity contribution in [1.82, 2.24) is 31.9 Å². The van der Waals surface area contributed by atoms with Gasteiger partial charge < -0.3 is 37.1 Å². The number of hydrogen-bond donors (Lipinski definition) is 6. The first-order chi connectivity index (χ1) is 20.7. The molecule has 44 heavy (non-hydrogen) atoms. The normalized spacial score (nSPS) is 14.6. The van der Waals surface area contributed by atoms with Gasteiger partial charge in [0.2, 0.25) is 23.6 Å². The third kappa shape index (κ3) is 13.3. The summed E-state index contributed by atoms with van der Waals surface area (Å²) in [6, 6.07) is -0.600. The first-order valence-electron chi connectivity index (χ1n) is 15.7. The van der Waals surface area contributed by atoms with E-state index in [2.05, 4.69) is 31.9 Å². The van der Waals surface area contributed by atoms with Crippen molar-refractivity contribution >= 4 is 29.5 Å². The molecule has 0 aliphatic rings. The van der Waals surface area contributed by atoms with Crippen LogP contribution in [0.1, 0.15) is 91.4 Å². The Morgan fingerprint density at radius 1 is 0.795 bits per heavy atom. The molecule has 0 unspecified atom stereocenters. The Kier molecular flexibility index (Phi) is 17.0. The van der Waals surface area contributed by atoms with Crippen molar-refractivity contribution in [3.8, 4) is 0 Å². The fourth-order valence-electron chi connectivity index (χ4n) is 4.56. The van der Waals surface area contributed by atoms with Crippen LogP contribution in [-0.4, -0.2) is 72.8 Å². The van der Waals surface area contributed by atoms with Crippen LogP contribution in [0.4, 0.5) is 0 Å². The maximum absolute atomic E-state index is 13.4. The molecule has 0 aliphatic heterocycles. The third-order valence-corrected chi connectivity index (χ3v) is 7.07. The minimum Gasteiger partial charge on any atom is -0.619 e. The average molecular weight is 620 g/mol. The maximum Gasteiger partial charge on any atom is 0.252 e. The highest BCUT2D eigenvalue weighted by Gasteiger charge is 2.29. The first kappa shape index (κ1) is 38.3. The van der Waals surface area contributed by atoms with E-state index in [0.29, 0.717) is 43.5 Å². The number of pyridine rings is 1. The standard InChI is InChI=1S/C31H53N7O6/c1-9-12-25(36-29(41)24(10-2)35-28(40)22-13-15-38(44)16-14-22)30(42)34-23(17-19(4)5)18-33-21(8)27(39)37-26(20(6)7)31(43)32-11-3/h13-16,19-21,23-26,33H,9-12,17-18H2,1-8H3,(H,32,43)(H,34,42)(H,35,40)(H,36,41)(H,37,39)/t21-,23-,24-,25-,26-/m0/s1. The van der Waals surface area contributed by atoms with E-state index in [-0.39, 0.29) is 41.2 Å². The SMILES string of the molecule is CCC[C@H](NC(=O)[C@H](CC)NC(=O)c1cc[n+]([O-])cc1)C(=O)N[C@H](CN[C@@H](C)C(=O)N[C@H](C(=O)NCC)C(C)C)CC(C)C. The van der Waals surface area contributed by atoms with Crippen LogP contribution in [-0.2, 0) is 19.2 Å². The van der Waals surface area contributed by atoms with Crippen molar-refractivity contribution in [2.75, 3.05) is 13.1 Å². The van der Waals surface area contributed by atoms with Crippen molar-refractivity contribution in [3.63, 3.8) is 0 Å². The molecule has 6 N–H and O–H groups in total. The molecule has 248 valence electrons. The van der Waals surface area contributed by atoms with Gasteiger partial charge >= 0.3 is 0 Å². The van der Waals surface area contributed by atoms with Crippen molar-refractivity contribution in [2.24, 2.45) is 11.8 Å². The predicted octanol–water partition coefficient (Wildman–Crippen LogP) is 0.899. The molecule has 0 radical (unpaired) electrons. The number of nitrogens with one attached hydrogen (secondary N) is 6. The van der Waals surface area contributed by atoms with Crippen molar-refractivity contribution in [3.05, 3.63) is 35.3 Å². The molecular weight excluding hydrogens is 566 g/mol. The molecule has 0 saturated heterocycles. The zero-order chi connectivity index (χ0) is 33.4. The largest absolute Gasteiger partial charge is 0.619 e. The van der Waals surface area contributed by atoms with Crippen LogP contribution < -0.4 is 36.6 Å². The Labute approximate surface area is 261 Å². The van der Waals surface area contributed by atoms with E-state index in [1.165, 1.54) is 24.5 Å². The molecular formula is C31H53N7O6. The number of aromatic nitrogens is 1. The molecule has 5 atom stereocenters. The fraction of sp³-hybridized carbons (Fsp3) is 0.677. The molecule has 0 aromatic carbocycles. The highest BCUT2D eigenvalue weighted by molar-refractivity contribution is 5.98. The number of likely N-dealkylation sites (N-methyl/N-ethyl adjacent to an activating group) is 1. The van der Waals surface area contributed by atoms with E-state index in [4.69, 9.17) is 0 Å². The van der Waals surface area contributed by atoms with E-state index in [1.807, 2.05) is 41.5 Å². The van der Waals surface area contributed by atoms with Gasteiger partial charge in [0.25, 0.3) is 5.91 Å². The second-order valence-electron chi connectivity index (χ2n) is 11.8. The molecule has 13 nitrogen and oxygen atoms in total. The quantitative estimate of drug-likeness (QED) is 0.0981. The smallest absolute Gasteiger partial charge is 0.252 e. The zero-order valence-corrected chi connectivity index (χ0v) is 27.5. The molecule has 5 amide bonds. The molecule has 0 spiro atoms. The minimum atomic E-state index is -0.879. The number of hydrogen-bond acceptors (Lipinski definition) is 7. The van der Waals surface area contributed by atoms with Gasteiger partial charge in [-0.3, -0.25) is 24.0 Å². The van der Waals surface area contributed by atoms with Crippen LogP contribution >= 0.6 is 0 Å². The topological polar surface area (TPSA) is 184 Å². The number of nitrogens with zero attached hydrogens (tertiary/aromatic N) is 1. The summed E-state index contributed by atoms with van der Waals surface area (Å²) in [5.41, 5.74) is 0.238. The molecule has 1 heterocycles. The summed E-state index contributed by atoms with van der Waals surface area (Å²) in [5, 5.41) is 28.5. The van der Waals surface area contributed by atoms with Crippen LogP contribution in [0, 0.1) is 17.0 Å². The van der Waals surface area contributed by atoms with Crippen molar-refractivity contribution in [2.45, 2.75) is 111 Å². The van der Waals surface area contributed by atoms with Crippen LogP contribution in [0.2, 0.25) is 0 Å². The molecule has 13 heteroatoms.